The van der Waals surface area contributed by atoms with E-state index in [2.05, 4.69) is 75.8 Å². The van der Waals surface area contributed by atoms with Gasteiger partial charge in [-0.2, -0.15) is 0 Å². The predicted octanol–water partition coefficient (Wildman–Crippen LogP) is 4.81. The third-order valence-electron chi connectivity index (χ3n) is 4.15. The number of nitrogens with zero attached hydrogens (tertiary/aromatic N) is 1. The maximum atomic E-state index is 2.54. The van der Waals surface area contributed by atoms with Gasteiger partial charge in [-0.05, 0) is 17.7 Å². The normalized spacial score (nSPS) is 12.1. The Kier molecular flexibility index (Phi) is 5.67. The number of hydrogen-bond acceptors (Lipinski definition) is 1. The molecule has 2 heteroatoms. The van der Waals surface area contributed by atoms with Gasteiger partial charge in [-0.1, -0.05) is 62.8 Å². The van der Waals surface area contributed by atoms with Crippen LogP contribution in [0.3, 0.4) is 0 Å². The fourth-order valence-corrected chi connectivity index (χ4v) is 5.01. The number of benzene rings is 1. The van der Waals surface area contributed by atoms with E-state index in [-0.39, 0.29) is 0 Å². The van der Waals surface area contributed by atoms with Gasteiger partial charge in [-0.3, -0.25) is 0 Å². The molecule has 0 spiro atoms. The summed E-state index contributed by atoms with van der Waals surface area (Å²) in [6, 6.07) is 12.9. The monoisotopic (exact) mass is 261 g/mol. The lowest BCUT2D eigenvalue weighted by molar-refractivity contribution is 1.13. The van der Waals surface area contributed by atoms with E-state index >= 15 is 0 Å². The summed E-state index contributed by atoms with van der Waals surface area (Å²) in [4.78, 5) is 2.14. The fourth-order valence-electron chi connectivity index (χ4n) is 2.26. The highest BCUT2D eigenvalue weighted by Crippen LogP contribution is 2.23. The lowest BCUT2D eigenvalue weighted by Gasteiger charge is -2.23. The third-order valence-corrected chi connectivity index (χ3v) is 9.25. The standard InChI is InChI=1S/C16H27NSi/c1-6-18(7-2,8-3)14-13-15-9-11-16(12-10-15)17(4)5/h9-14H,6-8H2,1-5H3/b14-13+. The number of anilines is 1. The largest absolute Gasteiger partial charge is 0.378 e. The van der Waals surface area contributed by atoms with E-state index in [1.165, 1.54) is 29.4 Å². The molecule has 0 saturated carbocycles. The van der Waals surface area contributed by atoms with Crippen LogP contribution in [0.2, 0.25) is 18.1 Å². The molecule has 0 radical (unpaired) electrons. The lowest BCUT2D eigenvalue weighted by atomic mass is 10.2. The summed E-state index contributed by atoms with van der Waals surface area (Å²) in [7, 11) is 3.03. The molecule has 0 bridgehead atoms. The van der Waals surface area contributed by atoms with Crippen LogP contribution in [0.1, 0.15) is 26.3 Å². The van der Waals surface area contributed by atoms with Gasteiger partial charge in [0.05, 0.1) is 8.07 Å². The van der Waals surface area contributed by atoms with Crippen LogP contribution in [0.5, 0.6) is 0 Å². The average molecular weight is 261 g/mol. The predicted molar refractivity (Wildman–Crippen MR) is 87.0 cm³/mol. The molecule has 18 heavy (non-hydrogen) atoms. The molecule has 1 rings (SSSR count). The van der Waals surface area contributed by atoms with E-state index in [0.717, 1.165) is 0 Å². The summed E-state index contributed by atoms with van der Waals surface area (Å²) < 4.78 is 0. The van der Waals surface area contributed by atoms with Crippen molar-refractivity contribution in [2.24, 2.45) is 0 Å². The molecule has 0 amide bonds. The van der Waals surface area contributed by atoms with Crippen LogP contribution >= 0.6 is 0 Å². The molecule has 0 aliphatic heterocycles. The summed E-state index contributed by atoms with van der Waals surface area (Å²) in [5.41, 5.74) is 5.13. The van der Waals surface area contributed by atoms with Gasteiger partial charge in [0.2, 0.25) is 0 Å². The minimum absolute atomic E-state index is 1.13. The van der Waals surface area contributed by atoms with Crippen LogP contribution < -0.4 is 4.90 Å². The highest BCUT2D eigenvalue weighted by molar-refractivity contribution is 6.84. The Morgan fingerprint density at radius 3 is 1.83 bits per heavy atom. The number of hydrogen-bond donors (Lipinski definition) is 0. The Morgan fingerprint density at radius 1 is 0.944 bits per heavy atom. The quantitative estimate of drug-likeness (QED) is 0.664. The van der Waals surface area contributed by atoms with Gasteiger partial charge in [0.1, 0.15) is 0 Å². The van der Waals surface area contributed by atoms with Crippen molar-refractivity contribution in [2.45, 2.75) is 38.9 Å². The molecule has 1 nitrogen and oxygen atoms in total. The molecular weight excluding hydrogens is 234 g/mol. The Balaban J connectivity index is 2.83. The molecule has 0 saturated heterocycles. The van der Waals surface area contributed by atoms with Crippen LogP contribution in [-0.2, 0) is 0 Å². The number of rotatable bonds is 6. The van der Waals surface area contributed by atoms with E-state index in [0.29, 0.717) is 0 Å². The van der Waals surface area contributed by atoms with Crippen molar-refractivity contribution in [1.82, 2.24) is 0 Å². The Hall–Kier alpha value is -1.02. The maximum Gasteiger partial charge on any atom is 0.0770 e. The van der Waals surface area contributed by atoms with Crippen LogP contribution in [0.25, 0.3) is 6.08 Å². The highest BCUT2D eigenvalue weighted by Gasteiger charge is 2.22. The van der Waals surface area contributed by atoms with Crippen LogP contribution in [0.4, 0.5) is 5.69 Å². The van der Waals surface area contributed by atoms with Crippen molar-refractivity contribution in [3.63, 3.8) is 0 Å². The Bertz CT molecular complexity index is 366. The molecule has 100 valence electrons. The average Bonchev–Trinajstić information content (AvgIpc) is 2.41. The van der Waals surface area contributed by atoms with Gasteiger partial charge in [0.15, 0.2) is 0 Å². The van der Waals surface area contributed by atoms with Crippen molar-refractivity contribution in [3.05, 3.63) is 35.5 Å². The molecule has 1 aromatic rings. The van der Waals surface area contributed by atoms with Gasteiger partial charge in [-0.25, -0.2) is 0 Å². The van der Waals surface area contributed by atoms with E-state index < -0.39 is 8.07 Å². The zero-order valence-electron chi connectivity index (χ0n) is 12.5. The zero-order valence-corrected chi connectivity index (χ0v) is 13.5. The first-order valence-electron chi connectivity index (χ1n) is 7.03. The van der Waals surface area contributed by atoms with Gasteiger partial charge in [0, 0.05) is 19.8 Å². The first-order valence-corrected chi connectivity index (χ1v) is 9.73. The van der Waals surface area contributed by atoms with Gasteiger partial charge >= 0.3 is 0 Å². The minimum Gasteiger partial charge on any atom is -0.378 e. The zero-order chi connectivity index (χ0) is 13.6. The van der Waals surface area contributed by atoms with Crippen LogP contribution in [0.15, 0.2) is 30.0 Å². The van der Waals surface area contributed by atoms with Crippen LogP contribution in [-0.4, -0.2) is 22.2 Å². The molecule has 0 N–H and O–H groups in total. The van der Waals surface area contributed by atoms with E-state index in [1.54, 1.807) is 0 Å². The maximum absolute atomic E-state index is 2.54. The van der Waals surface area contributed by atoms with Gasteiger partial charge in [0.25, 0.3) is 0 Å². The summed E-state index contributed by atoms with van der Waals surface area (Å²) in [6.07, 6.45) is 2.34. The molecular formula is C16H27NSi. The van der Waals surface area contributed by atoms with E-state index in [1.807, 2.05) is 0 Å². The van der Waals surface area contributed by atoms with Crippen molar-refractivity contribution >= 4 is 19.8 Å². The lowest BCUT2D eigenvalue weighted by Crippen LogP contribution is -2.28. The molecule has 0 aliphatic carbocycles. The Morgan fingerprint density at radius 2 is 1.44 bits per heavy atom. The molecule has 0 aromatic heterocycles. The SMILES string of the molecule is CC[Si](/C=C/c1ccc(N(C)C)cc1)(CC)CC. The second-order valence-corrected chi connectivity index (χ2v) is 10.4. The van der Waals surface area contributed by atoms with E-state index in [9.17, 15) is 0 Å². The van der Waals surface area contributed by atoms with Crippen molar-refractivity contribution in [3.8, 4) is 0 Å². The molecule has 0 unspecified atom stereocenters. The fraction of sp³-hybridized carbons (Fsp3) is 0.500. The first-order chi connectivity index (χ1) is 8.56. The Labute approximate surface area is 114 Å². The summed E-state index contributed by atoms with van der Waals surface area (Å²) in [5.74, 6) is 0. The second kappa shape index (κ2) is 6.79. The van der Waals surface area contributed by atoms with E-state index in [4.69, 9.17) is 0 Å². The van der Waals surface area contributed by atoms with Crippen molar-refractivity contribution in [2.75, 3.05) is 19.0 Å². The van der Waals surface area contributed by atoms with Gasteiger partial charge in [-0.15, -0.1) is 0 Å². The summed E-state index contributed by atoms with van der Waals surface area (Å²) in [6.45, 7) is 7.04. The van der Waals surface area contributed by atoms with Gasteiger partial charge < -0.3 is 4.90 Å². The molecule has 0 heterocycles. The summed E-state index contributed by atoms with van der Waals surface area (Å²) in [5, 5.41) is 0. The smallest absolute Gasteiger partial charge is 0.0770 e. The van der Waals surface area contributed by atoms with Crippen molar-refractivity contribution < 1.29 is 0 Å². The minimum atomic E-state index is -1.13. The van der Waals surface area contributed by atoms with Crippen molar-refractivity contribution in [1.29, 1.82) is 0 Å². The molecule has 0 aliphatic rings. The topological polar surface area (TPSA) is 3.24 Å². The molecule has 1 aromatic carbocycles. The summed E-state index contributed by atoms with van der Waals surface area (Å²) >= 11 is 0. The third kappa shape index (κ3) is 3.74. The first kappa shape index (κ1) is 15.0. The highest BCUT2D eigenvalue weighted by atomic mass is 28.3. The molecule has 0 fully saturated rings. The second-order valence-electron chi connectivity index (χ2n) is 5.24. The van der Waals surface area contributed by atoms with Crippen LogP contribution in [0, 0.1) is 0 Å². The molecule has 0 atom stereocenters.